The smallest absolute Gasteiger partial charge is 0.316 e. The average Bonchev–Trinajstić information content (AvgIpc) is 2.96. The first-order valence-electron chi connectivity index (χ1n) is 6.33. The van der Waals surface area contributed by atoms with E-state index in [0.717, 1.165) is 12.0 Å². The van der Waals surface area contributed by atoms with Gasteiger partial charge in [-0.2, -0.15) is 5.21 Å². The standard InChI is InChI=1S/C13H13N5O2/c1-2-8-20-18-12(9-6-4-3-5-7-9)14-11-10(13(18)19)15-17-16-11/h3-7H,2,8H2,1H3,(H,15,16,17). The molecule has 0 aliphatic rings. The molecule has 0 aliphatic carbocycles. The van der Waals surface area contributed by atoms with E-state index in [4.69, 9.17) is 4.84 Å². The Labute approximate surface area is 114 Å². The summed E-state index contributed by atoms with van der Waals surface area (Å²) in [6, 6.07) is 9.36. The second kappa shape index (κ2) is 5.12. The van der Waals surface area contributed by atoms with Crippen molar-refractivity contribution < 1.29 is 4.84 Å². The van der Waals surface area contributed by atoms with Gasteiger partial charge in [0.15, 0.2) is 11.3 Å². The molecule has 7 nitrogen and oxygen atoms in total. The Hall–Kier alpha value is -2.70. The van der Waals surface area contributed by atoms with Crippen molar-refractivity contribution in [2.24, 2.45) is 0 Å². The van der Waals surface area contributed by atoms with E-state index in [1.54, 1.807) is 0 Å². The first kappa shape index (κ1) is 12.3. The van der Waals surface area contributed by atoms with E-state index in [0.29, 0.717) is 12.4 Å². The molecule has 7 heteroatoms. The fourth-order valence-corrected chi connectivity index (χ4v) is 1.86. The zero-order valence-electron chi connectivity index (χ0n) is 10.9. The molecule has 0 saturated carbocycles. The third kappa shape index (κ3) is 2.03. The van der Waals surface area contributed by atoms with Crippen LogP contribution in [-0.2, 0) is 0 Å². The van der Waals surface area contributed by atoms with Gasteiger partial charge in [-0.3, -0.25) is 4.79 Å². The van der Waals surface area contributed by atoms with Crippen molar-refractivity contribution in [2.45, 2.75) is 13.3 Å². The van der Waals surface area contributed by atoms with Gasteiger partial charge < -0.3 is 4.84 Å². The van der Waals surface area contributed by atoms with Gasteiger partial charge in [0.05, 0.1) is 0 Å². The van der Waals surface area contributed by atoms with Crippen LogP contribution in [0.4, 0.5) is 0 Å². The average molecular weight is 271 g/mol. The lowest BCUT2D eigenvalue weighted by molar-refractivity contribution is 0.105. The SMILES string of the molecule is CCCOn1c(-c2ccccc2)nc2n[nH]nc2c1=O. The molecule has 20 heavy (non-hydrogen) atoms. The minimum Gasteiger partial charge on any atom is -0.409 e. The van der Waals surface area contributed by atoms with Gasteiger partial charge in [-0.05, 0) is 6.42 Å². The number of aromatic amines is 1. The first-order valence-corrected chi connectivity index (χ1v) is 6.33. The molecule has 0 unspecified atom stereocenters. The van der Waals surface area contributed by atoms with Crippen molar-refractivity contribution in [1.82, 2.24) is 25.1 Å². The molecule has 102 valence electrons. The number of hydrogen-bond donors (Lipinski definition) is 1. The summed E-state index contributed by atoms with van der Waals surface area (Å²) < 4.78 is 1.18. The topological polar surface area (TPSA) is 85.7 Å². The van der Waals surface area contributed by atoms with E-state index < -0.39 is 0 Å². The molecule has 3 rings (SSSR count). The Kier molecular flexibility index (Phi) is 3.16. The Bertz CT molecular complexity index is 778. The van der Waals surface area contributed by atoms with Crippen molar-refractivity contribution in [3.8, 4) is 11.4 Å². The predicted molar refractivity (Wildman–Crippen MR) is 73.1 cm³/mol. The number of hydrogen-bond acceptors (Lipinski definition) is 5. The van der Waals surface area contributed by atoms with E-state index in [1.165, 1.54) is 4.73 Å². The van der Waals surface area contributed by atoms with Crippen LogP contribution in [0.15, 0.2) is 35.1 Å². The second-order valence-corrected chi connectivity index (χ2v) is 4.23. The normalized spacial score (nSPS) is 10.8. The molecule has 1 N–H and O–H groups in total. The number of benzene rings is 1. The molecule has 0 spiro atoms. The molecule has 0 fully saturated rings. The molecule has 2 heterocycles. The lowest BCUT2D eigenvalue weighted by Gasteiger charge is -2.11. The summed E-state index contributed by atoms with van der Waals surface area (Å²) in [4.78, 5) is 22.2. The largest absolute Gasteiger partial charge is 0.409 e. The lowest BCUT2D eigenvalue weighted by atomic mass is 10.2. The van der Waals surface area contributed by atoms with Crippen LogP contribution in [0.2, 0.25) is 0 Å². The molecule has 0 saturated heterocycles. The Morgan fingerprint density at radius 3 is 2.80 bits per heavy atom. The highest BCUT2D eigenvalue weighted by Crippen LogP contribution is 2.16. The number of fused-ring (bicyclic) bond motifs is 1. The van der Waals surface area contributed by atoms with Crippen LogP contribution in [0.3, 0.4) is 0 Å². The summed E-state index contributed by atoms with van der Waals surface area (Å²) in [5.74, 6) is 0.422. The fourth-order valence-electron chi connectivity index (χ4n) is 1.86. The lowest BCUT2D eigenvalue weighted by Crippen LogP contribution is -2.30. The number of nitrogens with one attached hydrogen (secondary N) is 1. The zero-order chi connectivity index (χ0) is 13.9. The van der Waals surface area contributed by atoms with Crippen molar-refractivity contribution in [3.05, 3.63) is 40.7 Å². The third-order valence-corrected chi connectivity index (χ3v) is 2.78. The summed E-state index contributed by atoms with van der Waals surface area (Å²) in [7, 11) is 0. The second-order valence-electron chi connectivity index (χ2n) is 4.23. The summed E-state index contributed by atoms with van der Waals surface area (Å²) in [6.45, 7) is 2.39. The zero-order valence-corrected chi connectivity index (χ0v) is 10.9. The van der Waals surface area contributed by atoms with Crippen molar-refractivity contribution >= 4 is 11.2 Å². The monoisotopic (exact) mass is 271 g/mol. The Morgan fingerprint density at radius 1 is 1.25 bits per heavy atom. The van der Waals surface area contributed by atoms with E-state index in [2.05, 4.69) is 20.4 Å². The highest BCUT2D eigenvalue weighted by atomic mass is 16.7. The van der Waals surface area contributed by atoms with Crippen molar-refractivity contribution in [3.63, 3.8) is 0 Å². The Morgan fingerprint density at radius 2 is 2.05 bits per heavy atom. The summed E-state index contributed by atoms with van der Waals surface area (Å²) in [5, 5.41) is 10.1. The van der Waals surface area contributed by atoms with E-state index in [-0.39, 0.29) is 16.7 Å². The van der Waals surface area contributed by atoms with Crippen LogP contribution < -0.4 is 10.4 Å². The summed E-state index contributed by atoms with van der Waals surface area (Å²) in [6.07, 6.45) is 0.789. The van der Waals surface area contributed by atoms with Crippen LogP contribution in [0, 0.1) is 0 Å². The molecule has 0 bridgehead atoms. The first-order chi connectivity index (χ1) is 9.81. The van der Waals surface area contributed by atoms with Crippen LogP contribution in [0.1, 0.15) is 13.3 Å². The number of rotatable bonds is 4. The summed E-state index contributed by atoms with van der Waals surface area (Å²) >= 11 is 0. The van der Waals surface area contributed by atoms with Crippen molar-refractivity contribution in [2.75, 3.05) is 6.61 Å². The van der Waals surface area contributed by atoms with Crippen LogP contribution in [0.5, 0.6) is 0 Å². The van der Waals surface area contributed by atoms with Gasteiger partial charge in [-0.15, -0.1) is 14.9 Å². The van der Waals surface area contributed by atoms with Gasteiger partial charge in [0.2, 0.25) is 5.65 Å². The van der Waals surface area contributed by atoms with Gasteiger partial charge >= 0.3 is 5.56 Å². The third-order valence-electron chi connectivity index (χ3n) is 2.78. The van der Waals surface area contributed by atoms with Crippen LogP contribution in [0.25, 0.3) is 22.6 Å². The van der Waals surface area contributed by atoms with Gasteiger partial charge in [-0.1, -0.05) is 37.3 Å². The van der Waals surface area contributed by atoms with Crippen molar-refractivity contribution in [1.29, 1.82) is 0 Å². The highest BCUT2D eigenvalue weighted by molar-refractivity contribution is 5.71. The number of aromatic nitrogens is 5. The molecule has 0 radical (unpaired) electrons. The molecular weight excluding hydrogens is 258 g/mol. The fraction of sp³-hybridized carbons (Fsp3) is 0.231. The minimum atomic E-state index is -0.365. The van der Waals surface area contributed by atoms with Crippen LogP contribution >= 0.6 is 0 Å². The highest BCUT2D eigenvalue weighted by Gasteiger charge is 2.16. The maximum atomic E-state index is 12.4. The molecule has 0 atom stereocenters. The van der Waals surface area contributed by atoms with Gasteiger partial charge in [0.25, 0.3) is 0 Å². The van der Waals surface area contributed by atoms with Gasteiger partial charge in [-0.25, -0.2) is 4.98 Å². The number of H-pyrrole nitrogens is 1. The molecule has 1 aromatic carbocycles. The number of nitrogens with zero attached hydrogens (tertiary/aromatic N) is 4. The van der Waals surface area contributed by atoms with Gasteiger partial charge in [0.1, 0.15) is 6.61 Å². The predicted octanol–water partition coefficient (Wildman–Crippen LogP) is 1.02. The van der Waals surface area contributed by atoms with Crippen LogP contribution in [-0.4, -0.2) is 31.7 Å². The summed E-state index contributed by atoms with van der Waals surface area (Å²) in [5.41, 5.74) is 0.868. The molecule has 3 aromatic rings. The Balaban J connectivity index is 2.25. The van der Waals surface area contributed by atoms with Gasteiger partial charge in [0, 0.05) is 5.56 Å². The van der Waals surface area contributed by atoms with E-state index in [9.17, 15) is 4.79 Å². The molecule has 0 aliphatic heterocycles. The van der Waals surface area contributed by atoms with E-state index >= 15 is 0 Å². The van der Waals surface area contributed by atoms with E-state index in [1.807, 2.05) is 37.3 Å². The molecule has 2 aromatic heterocycles. The maximum Gasteiger partial charge on any atom is 0.316 e. The molecule has 0 amide bonds. The minimum absolute atomic E-state index is 0.167. The quantitative estimate of drug-likeness (QED) is 0.765. The maximum absolute atomic E-state index is 12.4. The molecular formula is C13H13N5O2.